The van der Waals surface area contributed by atoms with Gasteiger partial charge in [0.15, 0.2) is 0 Å². The zero-order valence-electron chi connectivity index (χ0n) is 8.30. The van der Waals surface area contributed by atoms with Crippen LogP contribution in [-0.4, -0.2) is 45.6 Å². The summed E-state index contributed by atoms with van der Waals surface area (Å²) in [6.07, 6.45) is 1.43. The number of nitrogens with two attached hydrogens (primary N) is 1. The molecule has 2 aliphatic heterocycles. The van der Waals surface area contributed by atoms with Crippen molar-refractivity contribution in [3.8, 4) is 0 Å². The fourth-order valence-corrected chi connectivity index (χ4v) is 3.62. The maximum atomic E-state index is 11.4. The number of hydrogen-bond acceptors (Lipinski definition) is 4. The number of aliphatic carboxylic acids is 1. The maximum Gasteiger partial charge on any atom is 0.316 e. The zero-order valence-corrected chi connectivity index (χ0v) is 9.87. The summed E-state index contributed by atoms with van der Waals surface area (Å²) in [5, 5.41) is 9.13. The first-order valence-corrected chi connectivity index (χ1v) is 6.19. The van der Waals surface area contributed by atoms with Gasteiger partial charge in [-0.2, -0.15) is 0 Å². The average molecular weight is 263 g/mol. The third-order valence-corrected chi connectivity index (χ3v) is 4.65. The molecule has 5 nitrogen and oxygen atoms in total. The molecule has 2 unspecified atom stereocenters. The van der Waals surface area contributed by atoms with Crippen LogP contribution in [0, 0.1) is 5.41 Å². The van der Waals surface area contributed by atoms with Crippen molar-refractivity contribution in [1.29, 1.82) is 0 Å². The van der Waals surface area contributed by atoms with E-state index < -0.39 is 17.4 Å². The molecule has 3 N–H and O–H groups in total. The Hall–Kier alpha value is -0.720. The van der Waals surface area contributed by atoms with Gasteiger partial charge in [0.1, 0.15) is 16.8 Å². The Morgan fingerprint density at radius 2 is 2.44 bits per heavy atom. The molecule has 7 heteroatoms. The molecule has 1 amide bonds. The molecule has 88 valence electrons. The Balaban J connectivity index is 2.20. The topological polar surface area (TPSA) is 83.6 Å². The van der Waals surface area contributed by atoms with Gasteiger partial charge in [0, 0.05) is 17.8 Å². The van der Waals surface area contributed by atoms with E-state index >= 15 is 0 Å². The minimum atomic E-state index is -1.08. The molecule has 0 aromatic rings. The van der Waals surface area contributed by atoms with E-state index in [1.807, 2.05) is 0 Å². The molecule has 0 saturated carbocycles. The third kappa shape index (κ3) is 1.52. The summed E-state index contributed by atoms with van der Waals surface area (Å²) in [4.78, 5) is 24.2. The van der Waals surface area contributed by atoms with Crippen LogP contribution < -0.4 is 5.73 Å². The molecule has 2 heterocycles. The van der Waals surface area contributed by atoms with Crippen molar-refractivity contribution in [3.05, 3.63) is 11.6 Å². The van der Waals surface area contributed by atoms with Crippen LogP contribution in [-0.2, 0) is 9.59 Å². The van der Waals surface area contributed by atoms with Gasteiger partial charge in [-0.05, 0) is 0 Å². The second kappa shape index (κ2) is 3.94. The lowest BCUT2D eigenvalue weighted by Crippen LogP contribution is -2.71. The van der Waals surface area contributed by atoms with Crippen molar-refractivity contribution in [1.82, 2.24) is 4.90 Å². The Labute approximate surface area is 102 Å². The lowest BCUT2D eigenvalue weighted by Gasteiger charge is -2.52. The number of nitrogens with zero attached hydrogens (tertiary/aromatic N) is 1. The van der Waals surface area contributed by atoms with Crippen LogP contribution in [0.5, 0.6) is 0 Å². The van der Waals surface area contributed by atoms with Gasteiger partial charge in [-0.15, -0.1) is 11.8 Å². The van der Waals surface area contributed by atoms with Gasteiger partial charge >= 0.3 is 5.97 Å². The highest BCUT2D eigenvalue weighted by molar-refractivity contribution is 8.00. The van der Waals surface area contributed by atoms with Gasteiger partial charge in [0.05, 0.1) is 0 Å². The van der Waals surface area contributed by atoms with Gasteiger partial charge in [-0.3, -0.25) is 9.59 Å². The van der Waals surface area contributed by atoms with E-state index in [1.165, 1.54) is 28.3 Å². The van der Waals surface area contributed by atoms with Gasteiger partial charge in [-0.25, -0.2) is 0 Å². The van der Waals surface area contributed by atoms with Crippen LogP contribution in [0.4, 0.5) is 0 Å². The van der Waals surface area contributed by atoms with Gasteiger partial charge in [0.25, 0.3) is 0 Å². The molecule has 0 aliphatic carbocycles. The Morgan fingerprint density at radius 1 is 1.75 bits per heavy atom. The van der Waals surface area contributed by atoms with E-state index in [9.17, 15) is 14.7 Å². The Bertz CT molecular complexity index is 376. The number of thioether (sulfide) groups is 1. The van der Waals surface area contributed by atoms with Crippen molar-refractivity contribution < 1.29 is 14.7 Å². The number of rotatable bonds is 2. The van der Waals surface area contributed by atoms with E-state index in [4.69, 9.17) is 17.3 Å². The van der Waals surface area contributed by atoms with Crippen molar-refractivity contribution in [3.63, 3.8) is 0 Å². The predicted molar refractivity (Wildman–Crippen MR) is 61.0 cm³/mol. The maximum absolute atomic E-state index is 11.4. The quantitative estimate of drug-likeness (QED) is 0.687. The first kappa shape index (κ1) is 11.8. The van der Waals surface area contributed by atoms with Crippen LogP contribution in [0.1, 0.15) is 0 Å². The molecule has 0 aromatic carbocycles. The van der Waals surface area contributed by atoms with E-state index in [-0.39, 0.29) is 17.8 Å². The van der Waals surface area contributed by atoms with Crippen molar-refractivity contribution in [2.75, 3.05) is 12.3 Å². The summed E-state index contributed by atoms with van der Waals surface area (Å²) in [7, 11) is 0. The molecule has 0 bridgehead atoms. The molecule has 2 saturated heterocycles. The van der Waals surface area contributed by atoms with Crippen LogP contribution in [0.2, 0.25) is 0 Å². The lowest BCUT2D eigenvalue weighted by atomic mass is 9.87. The molecule has 16 heavy (non-hydrogen) atoms. The summed E-state index contributed by atoms with van der Waals surface area (Å²) >= 11 is 6.84. The second-order valence-corrected chi connectivity index (χ2v) is 5.30. The second-order valence-electron chi connectivity index (χ2n) is 3.95. The number of carbonyl (C=O) groups is 2. The standard InChI is InChI=1S/C9H11ClN2O3S/c10-2-1-9(8(14)15)3-12-6(13)5(11)7(12)16-4-9/h1-2,5,7H,3-4,11H2,(H,14,15)/t5?,7-,9?/m1/s1. The average Bonchev–Trinajstić information content (AvgIpc) is 2.28. The minimum absolute atomic E-state index is 0.0799. The summed E-state index contributed by atoms with van der Waals surface area (Å²) < 4.78 is 0. The van der Waals surface area contributed by atoms with Crippen molar-refractivity contribution in [2.24, 2.45) is 11.1 Å². The smallest absolute Gasteiger partial charge is 0.316 e. The predicted octanol–water partition coefficient (Wildman–Crippen LogP) is 0.0523. The first-order chi connectivity index (χ1) is 7.52. The molecule has 0 aromatic heterocycles. The highest BCUT2D eigenvalue weighted by Crippen LogP contribution is 2.42. The normalized spacial score (nSPS) is 38.4. The number of amides is 1. The summed E-state index contributed by atoms with van der Waals surface area (Å²) in [5.41, 5.74) is 5.72. The molecule has 0 radical (unpaired) electrons. The van der Waals surface area contributed by atoms with E-state index in [1.54, 1.807) is 0 Å². The van der Waals surface area contributed by atoms with Gasteiger partial charge in [-0.1, -0.05) is 17.7 Å². The Kier molecular flexibility index (Phi) is 2.90. The van der Waals surface area contributed by atoms with E-state index in [0.717, 1.165) is 0 Å². The summed E-state index contributed by atoms with van der Waals surface area (Å²) in [5.74, 6) is -0.775. The number of β-lactam (4-membered cyclic amide) rings is 1. The summed E-state index contributed by atoms with van der Waals surface area (Å²) in [6, 6.07) is -0.489. The van der Waals surface area contributed by atoms with E-state index in [0.29, 0.717) is 5.75 Å². The van der Waals surface area contributed by atoms with Crippen molar-refractivity contribution >= 4 is 35.2 Å². The fraction of sp³-hybridized carbons (Fsp3) is 0.556. The monoisotopic (exact) mass is 262 g/mol. The number of halogens is 1. The van der Waals surface area contributed by atoms with E-state index in [2.05, 4.69) is 0 Å². The molecule has 2 rings (SSSR count). The molecule has 2 aliphatic rings. The largest absolute Gasteiger partial charge is 0.481 e. The van der Waals surface area contributed by atoms with Gasteiger partial charge < -0.3 is 15.7 Å². The van der Waals surface area contributed by atoms with Crippen LogP contribution in [0.15, 0.2) is 11.6 Å². The highest BCUT2D eigenvalue weighted by atomic mass is 35.5. The van der Waals surface area contributed by atoms with Crippen LogP contribution >= 0.6 is 23.4 Å². The molecular weight excluding hydrogens is 252 g/mol. The molecular formula is C9H11ClN2O3S. The third-order valence-electron chi connectivity index (χ3n) is 2.95. The molecule has 0 spiro atoms. The highest BCUT2D eigenvalue weighted by Gasteiger charge is 2.54. The lowest BCUT2D eigenvalue weighted by molar-refractivity contribution is -0.153. The molecule has 3 atom stereocenters. The van der Waals surface area contributed by atoms with Crippen molar-refractivity contribution in [2.45, 2.75) is 11.4 Å². The number of carboxylic acid groups (broad SMARTS) is 1. The SMILES string of the molecule is NC1C(=O)N2CC(C=CCl)(C(=O)O)CS[C@H]12. The molecule has 2 fully saturated rings. The number of fused-ring (bicyclic) bond motifs is 1. The zero-order chi connectivity index (χ0) is 11.9. The minimum Gasteiger partial charge on any atom is -0.481 e. The first-order valence-electron chi connectivity index (χ1n) is 4.71. The van der Waals surface area contributed by atoms with Crippen LogP contribution in [0.3, 0.4) is 0 Å². The van der Waals surface area contributed by atoms with Gasteiger partial charge in [0.2, 0.25) is 5.91 Å². The Morgan fingerprint density at radius 3 is 3.00 bits per heavy atom. The summed E-state index contributed by atoms with van der Waals surface area (Å²) in [6.45, 7) is 0.149. The van der Waals surface area contributed by atoms with Crippen LogP contribution in [0.25, 0.3) is 0 Å². The fourth-order valence-electron chi connectivity index (χ4n) is 1.92. The number of carbonyl (C=O) groups excluding carboxylic acids is 1. The number of carboxylic acids is 1. The number of hydrogen-bond donors (Lipinski definition) is 2.